The third-order valence-electron chi connectivity index (χ3n) is 4.22. The molecule has 0 saturated heterocycles. The van der Waals surface area contributed by atoms with Crippen LogP contribution < -0.4 is 9.47 Å². The number of carbonyl (C=O) groups is 3. The number of fused-ring (bicyclic) bond motifs is 2. The average molecular weight is 358 g/mol. The van der Waals surface area contributed by atoms with E-state index in [0.717, 1.165) is 0 Å². The number of benzene rings is 3. The van der Waals surface area contributed by atoms with Crippen LogP contribution in [0.25, 0.3) is 0 Å². The highest BCUT2D eigenvalue weighted by Gasteiger charge is 2.35. The minimum absolute atomic E-state index is 0.0438. The van der Waals surface area contributed by atoms with Gasteiger partial charge in [0.1, 0.15) is 17.2 Å². The van der Waals surface area contributed by atoms with E-state index < -0.39 is 5.97 Å². The van der Waals surface area contributed by atoms with Crippen molar-refractivity contribution in [3.05, 3.63) is 89.0 Å². The number of para-hydroxylation sites is 1. The van der Waals surface area contributed by atoms with Crippen LogP contribution in [0.2, 0.25) is 0 Å². The maximum absolute atomic E-state index is 13.1. The number of ether oxygens (including phenoxy) is 2. The Morgan fingerprint density at radius 3 is 1.81 bits per heavy atom. The maximum atomic E-state index is 13.1. The molecule has 0 N–H and O–H groups in total. The topological polar surface area (TPSA) is 69.7 Å². The molecule has 4 rings (SSSR count). The summed E-state index contributed by atoms with van der Waals surface area (Å²) in [6.07, 6.45) is 0. The van der Waals surface area contributed by atoms with Crippen molar-refractivity contribution in [1.82, 2.24) is 0 Å². The molecule has 5 nitrogen and oxygen atoms in total. The number of rotatable bonds is 3. The molecule has 0 unspecified atom stereocenters. The van der Waals surface area contributed by atoms with Crippen molar-refractivity contribution in [2.45, 2.75) is 6.92 Å². The third kappa shape index (κ3) is 2.89. The van der Waals surface area contributed by atoms with Gasteiger partial charge in [0.05, 0.1) is 11.1 Å². The predicted molar refractivity (Wildman–Crippen MR) is 97.6 cm³/mol. The summed E-state index contributed by atoms with van der Waals surface area (Å²) in [6.45, 7) is 1.24. The lowest BCUT2D eigenvalue weighted by molar-refractivity contribution is -0.131. The van der Waals surface area contributed by atoms with Gasteiger partial charge in [0.15, 0.2) is 11.6 Å². The Morgan fingerprint density at radius 2 is 1.22 bits per heavy atom. The molecule has 3 aromatic carbocycles. The Morgan fingerprint density at radius 1 is 0.704 bits per heavy atom. The minimum atomic E-state index is -0.576. The largest absolute Gasteiger partial charge is 0.457 e. The number of ketones is 2. The van der Waals surface area contributed by atoms with E-state index in [1.165, 1.54) is 19.1 Å². The molecule has 0 aromatic heterocycles. The Hall–Kier alpha value is -3.73. The molecule has 27 heavy (non-hydrogen) atoms. The zero-order valence-corrected chi connectivity index (χ0v) is 14.4. The summed E-state index contributed by atoms with van der Waals surface area (Å²) in [5.74, 6) is -0.493. The fraction of sp³-hybridized carbons (Fsp3) is 0.0455. The zero-order valence-electron chi connectivity index (χ0n) is 14.4. The zero-order chi connectivity index (χ0) is 19.0. The first-order valence-electron chi connectivity index (χ1n) is 8.33. The monoisotopic (exact) mass is 358 g/mol. The van der Waals surface area contributed by atoms with Crippen molar-refractivity contribution in [1.29, 1.82) is 0 Å². The highest BCUT2D eigenvalue weighted by molar-refractivity contribution is 6.30. The molecule has 3 aromatic rings. The lowest BCUT2D eigenvalue weighted by Gasteiger charge is -2.22. The van der Waals surface area contributed by atoms with Crippen LogP contribution in [0.5, 0.6) is 17.2 Å². The first-order chi connectivity index (χ1) is 13.1. The fourth-order valence-corrected chi connectivity index (χ4v) is 3.10. The fourth-order valence-electron chi connectivity index (χ4n) is 3.10. The molecular weight excluding hydrogens is 344 g/mol. The number of esters is 1. The summed E-state index contributed by atoms with van der Waals surface area (Å²) in [5.41, 5.74) is 0.719. The molecule has 0 fully saturated rings. The standard InChI is InChI=1S/C22H14O5/c1-13(23)26-17-11-12-18(27-14-7-3-2-4-8-14)20-19(17)21(24)15-9-5-6-10-16(15)22(20)25/h2-12H,1H3. The van der Waals surface area contributed by atoms with Crippen LogP contribution in [0.1, 0.15) is 38.8 Å². The van der Waals surface area contributed by atoms with Gasteiger partial charge in [0.25, 0.3) is 0 Å². The van der Waals surface area contributed by atoms with Gasteiger partial charge in [0.2, 0.25) is 0 Å². The molecule has 5 heteroatoms. The van der Waals surface area contributed by atoms with Crippen molar-refractivity contribution >= 4 is 17.5 Å². The molecule has 132 valence electrons. The Kier molecular flexibility index (Phi) is 4.05. The number of carbonyl (C=O) groups excluding carboxylic acids is 3. The smallest absolute Gasteiger partial charge is 0.308 e. The lowest BCUT2D eigenvalue weighted by atomic mass is 9.83. The van der Waals surface area contributed by atoms with Gasteiger partial charge in [-0.2, -0.15) is 0 Å². The molecule has 0 saturated carbocycles. The van der Waals surface area contributed by atoms with Crippen LogP contribution in [0.15, 0.2) is 66.7 Å². The van der Waals surface area contributed by atoms with Crippen LogP contribution in [0.3, 0.4) is 0 Å². The van der Waals surface area contributed by atoms with Crippen LogP contribution in [0.4, 0.5) is 0 Å². The molecule has 0 amide bonds. The van der Waals surface area contributed by atoms with Gasteiger partial charge in [0, 0.05) is 18.1 Å². The molecule has 0 radical (unpaired) electrons. The van der Waals surface area contributed by atoms with Gasteiger partial charge in [-0.25, -0.2) is 0 Å². The van der Waals surface area contributed by atoms with Gasteiger partial charge in [-0.05, 0) is 24.3 Å². The van der Waals surface area contributed by atoms with E-state index in [-0.39, 0.29) is 39.8 Å². The summed E-state index contributed by atoms with van der Waals surface area (Å²) < 4.78 is 11.0. The van der Waals surface area contributed by atoms with Gasteiger partial charge < -0.3 is 9.47 Å². The third-order valence-corrected chi connectivity index (χ3v) is 4.22. The summed E-state index contributed by atoms with van der Waals surface area (Å²) in [4.78, 5) is 37.7. The van der Waals surface area contributed by atoms with Crippen molar-refractivity contribution in [3.63, 3.8) is 0 Å². The van der Waals surface area contributed by atoms with E-state index in [1.54, 1.807) is 48.5 Å². The summed E-state index contributed by atoms with van der Waals surface area (Å²) in [6, 6.07) is 18.5. The van der Waals surface area contributed by atoms with Crippen LogP contribution >= 0.6 is 0 Å². The van der Waals surface area contributed by atoms with E-state index in [4.69, 9.17) is 9.47 Å². The van der Waals surface area contributed by atoms with Gasteiger partial charge >= 0.3 is 5.97 Å². The highest BCUT2D eigenvalue weighted by atomic mass is 16.5. The Balaban J connectivity index is 1.93. The predicted octanol–water partition coefficient (Wildman–Crippen LogP) is 4.18. The lowest BCUT2D eigenvalue weighted by Crippen LogP contribution is -2.23. The van der Waals surface area contributed by atoms with Crippen molar-refractivity contribution in [2.24, 2.45) is 0 Å². The van der Waals surface area contributed by atoms with E-state index in [1.807, 2.05) is 6.07 Å². The summed E-state index contributed by atoms with van der Waals surface area (Å²) in [5, 5.41) is 0. The number of hydrogen-bond donors (Lipinski definition) is 0. The molecule has 0 atom stereocenters. The molecule has 0 spiro atoms. The summed E-state index contributed by atoms with van der Waals surface area (Å²) in [7, 11) is 0. The molecule has 1 aliphatic rings. The Labute approximate surface area is 155 Å². The SMILES string of the molecule is CC(=O)Oc1ccc(Oc2ccccc2)c2c1C(=O)c1ccccc1C2=O. The van der Waals surface area contributed by atoms with Crippen molar-refractivity contribution in [2.75, 3.05) is 0 Å². The average Bonchev–Trinajstić information content (AvgIpc) is 2.67. The highest BCUT2D eigenvalue weighted by Crippen LogP contribution is 2.40. The summed E-state index contributed by atoms with van der Waals surface area (Å²) >= 11 is 0. The first kappa shape index (κ1) is 16.7. The van der Waals surface area contributed by atoms with Crippen LogP contribution in [-0.2, 0) is 4.79 Å². The quantitative estimate of drug-likeness (QED) is 0.406. The van der Waals surface area contributed by atoms with Gasteiger partial charge in [-0.3, -0.25) is 14.4 Å². The molecule has 0 bridgehead atoms. The van der Waals surface area contributed by atoms with Gasteiger partial charge in [-0.15, -0.1) is 0 Å². The maximum Gasteiger partial charge on any atom is 0.308 e. The molecular formula is C22H14O5. The first-order valence-corrected chi connectivity index (χ1v) is 8.33. The van der Waals surface area contributed by atoms with Crippen molar-refractivity contribution in [3.8, 4) is 17.2 Å². The van der Waals surface area contributed by atoms with Crippen LogP contribution in [0, 0.1) is 0 Å². The molecule has 0 heterocycles. The van der Waals surface area contributed by atoms with Crippen molar-refractivity contribution < 1.29 is 23.9 Å². The van der Waals surface area contributed by atoms with E-state index >= 15 is 0 Å². The van der Waals surface area contributed by atoms with Gasteiger partial charge in [-0.1, -0.05) is 42.5 Å². The van der Waals surface area contributed by atoms with E-state index in [0.29, 0.717) is 11.3 Å². The second kappa shape index (κ2) is 6.53. The van der Waals surface area contributed by atoms with Crippen LogP contribution in [-0.4, -0.2) is 17.5 Å². The van der Waals surface area contributed by atoms with E-state index in [2.05, 4.69) is 0 Å². The van der Waals surface area contributed by atoms with E-state index in [9.17, 15) is 14.4 Å². The minimum Gasteiger partial charge on any atom is -0.457 e. The second-order valence-electron chi connectivity index (χ2n) is 6.02. The molecule has 0 aliphatic heterocycles. The normalized spacial score (nSPS) is 12.2. The Bertz CT molecular complexity index is 1080. The molecule has 1 aliphatic carbocycles. The second-order valence-corrected chi connectivity index (χ2v) is 6.02. The number of hydrogen-bond acceptors (Lipinski definition) is 5.